The maximum absolute atomic E-state index is 14.7. The van der Waals surface area contributed by atoms with Crippen LogP contribution in [0.4, 0.5) is 5.69 Å². The SMILES string of the molecule is CCn1c(-c2cnccc2COC)c2c3cc(ccc31)-c1cccc(c1)C[C@H](NC(=O)[C@H](C(C)C)N(C)C(=O)CCN=C=Nc1c(OC)cccc1OC)C(=O)N1CCC[C@H](N1)C(=O)OCC(C)(C)C2. The highest BCUT2D eigenvalue weighted by molar-refractivity contribution is 5.96. The summed E-state index contributed by atoms with van der Waals surface area (Å²) in [6.07, 6.45) is 5.41. The molecule has 0 unspecified atom stereocenters. The Hall–Kier alpha value is -6.87. The van der Waals surface area contributed by atoms with E-state index in [0.717, 1.165) is 50.0 Å². The summed E-state index contributed by atoms with van der Waals surface area (Å²) in [6, 6.07) is 21.6. The quantitative estimate of drug-likeness (QED) is 0.0833. The number of rotatable bonds is 14. The van der Waals surface area contributed by atoms with Crippen LogP contribution in [-0.4, -0.2) is 115 Å². The van der Waals surface area contributed by atoms with Crippen molar-refractivity contribution in [1.82, 2.24) is 30.2 Å². The van der Waals surface area contributed by atoms with Crippen LogP contribution in [0.3, 0.4) is 0 Å². The molecule has 2 aromatic heterocycles. The molecule has 16 nitrogen and oxygen atoms in total. The number of hydrogen-bond donors (Lipinski definition) is 2. The highest BCUT2D eigenvalue weighted by Gasteiger charge is 2.37. The van der Waals surface area contributed by atoms with Gasteiger partial charge in [0.05, 0.1) is 45.7 Å². The number of pyridine rings is 1. The van der Waals surface area contributed by atoms with Crippen LogP contribution in [0.1, 0.15) is 70.6 Å². The number of hydrogen-bond acceptors (Lipinski definition) is 12. The van der Waals surface area contributed by atoms with Gasteiger partial charge in [-0.1, -0.05) is 64.1 Å². The van der Waals surface area contributed by atoms with E-state index in [-0.39, 0.29) is 37.8 Å². The molecule has 7 rings (SSSR count). The lowest BCUT2D eigenvalue weighted by Crippen LogP contribution is -2.62. The van der Waals surface area contributed by atoms with Crippen LogP contribution in [-0.2, 0) is 54.6 Å². The van der Waals surface area contributed by atoms with Crippen LogP contribution in [0.5, 0.6) is 11.5 Å². The van der Waals surface area contributed by atoms with Crippen molar-refractivity contribution >= 4 is 46.3 Å². The summed E-state index contributed by atoms with van der Waals surface area (Å²) < 4.78 is 24.9. The van der Waals surface area contributed by atoms with Crippen molar-refractivity contribution in [3.05, 3.63) is 95.8 Å². The van der Waals surface area contributed by atoms with E-state index in [1.54, 1.807) is 38.6 Å². The molecule has 2 aliphatic rings. The second kappa shape index (κ2) is 22.7. The number of aryl methyl sites for hydroxylation is 1. The molecule has 2 aliphatic heterocycles. The molecule has 0 radical (unpaired) electrons. The van der Waals surface area contributed by atoms with Gasteiger partial charge in [-0.05, 0) is 90.3 Å². The second-order valence-corrected chi connectivity index (χ2v) is 19.0. The average molecular weight is 955 g/mol. The van der Waals surface area contributed by atoms with E-state index in [4.69, 9.17) is 18.9 Å². The minimum absolute atomic E-state index is 0.0177. The van der Waals surface area contributed by atoms with Gasteiger partial charge in [0.2, 0.25) is 11.8 Å². The van der Waals surface area contributed by atoms with Crippen molar-refractivity contribution in [1.29, 1.82) is 0 Å². The molecule has 4 heterocycles. The molecule has 1 saturated heterocycles. The van der Waals surface area contributed by atoms with Crippen molar-refractivity contribution in [3.63, 3.8) is 0 Å². The average Bonchev–Trinajstić information content (AvgIpc) is 3.66. The number of para-hydroxylation sites is 1. The monoisotopic (exact) mass is 955 g/mol. The Morgan fingerprint density at radius 2 is 1.77 bits per heavy atom. The predicted molar refractivity (Wildman–Crippen MR) is 269 cm³/mol. The zero-order chi connectivity index (χ0) is 50.1. The first-order valence-electron chi connectivity index (χ1n) is 24.0. The summed E-state index contributed by atoms with van der Waals surface area (Å²) in [4.78, 5) is 71.2. The number of carbonyl (C=O) groups is 4. The largest absolute Gasteiger partial charge is 0.494 e. The molecule has 6 bridgehead atoms. The van der Waals surface area contributed by atoms with Gasteiger partial charge in [-0.25, -0.2) is 10.4 Å². The zero-order valence-corrected chi connectivity index (χ0v) is 41.8. The van der Waals surface area contributed by atoms with E-state index in [2.05, 4.69) is 87.4 Å². The van der Waals surface area contributed by atoms with Crippen molar-refractivity contribution in [2.75, 3.05) is 48.1 Å². The number of nitrogens with zero attached hydrogens (tertiary/aromatic N) is 6. The highest BCUT2D eigenvalue weighted by atomic mass is 16.5. The number of benzene rings is 3. The number of aromatic nitrogens is 2. The van der Waals surface area contributed by atoms with Gasteiger partial charge < -0.3 is 33.7 Å². The fourth-order valence-corrected chi connectivity index (χ4v) is 9.59. The molecule has 16 heteroatoms. The first-order valence-corrected chi connectivity index (χ1v) is 24.0. The summed E-state index contributed by atoms with van der Waals surface area (Å²) in [5, 5.41) is 5.56. The second-order valence-electron chi connectivity index (χ2n) is 19.0. The van der Waals surface area contributed by atoms with Crippen molar-refractivity contribution in [3.8, 4) is 33.9 Å². The molecular formula is C54H66N8O8. The Balaban J connectivity index is 1.21. The minimum atomic E-state index is -1.06. The number of esters is 1. The van der Waals surface area contributed by atoms with Gasteiger partial charge in [-0.2, -0.15) is 4.99 Å². The van der Waals surface area contributed by atoms with Crippen LogP contribution < -0.4 is 20.2 Å². The van der Waals surface area contributed by atoms with E-state index < -0.39 is 41.3 Å². The van der Waals surface area contributed by atoms with Gasteiger partial charge in [0, 0.05) is 74.4 Å². The lowest BCUT2D eigenvalue weighted by molar-refractivity contribution is -0.155. The molecule has 70 heavy (non-hydrogen) atoms. The smallest absolute Gasteiger partial charge is 0.324 e. The summed E-state index contributed by atoms with van der Waals surface area (Å²) in [5.41, 5.74) is 11.0. The van der Waals surface area contributed by atoms with Crippen LogP contribution in [0.2, 0.25) is 0 Å². The van der Waals surface area contributed by atoms with Crippen molar-refractivity contribution in [2.45, 2.75) is 98.0 Å². The molecule has 3 atom stereocenters. The standard InChI is InChI=1S/C54H66N8O8/c1-10-61-44-20-19-37-28-39(44)40(50(61)41-30-55-23-21-38(41)31-67-7)29-54(4,5)32-70-53(66)42-16-13-25-62(59-42)52(65)43(27-35-14-11-15-36(37)26-35)58-51(64)49(34(2)3)60(6)47(63)22-24-56-33-57-48-45(68-8)17-12-18-46(48)69-9/h11-12,14-15,17-21,23,26,28,30,34,42-43,49,59H,10,13,16,22,24-25,27,29,31-32H2,1-9H3,(H,58,64)/t42-,43-,49-/m0/s1. The molecule has 0 aliphatic carbocycles. The molecule has 3 amide bonds. The lowest BCUT2D eigenvalue weighted by Gasteiger charge is -2.36. The van der Waals surface area contributed by atoms with E-state index in [9.17, 15) is 19.2 Å². The number of amides is 3. The highest BCUT2D eigenvalue weighted by Crippen LogP contribution is 2.41. The first kappa shape index (κ1) is 51.0. The summed E-state index contributed by atoms with van der Waals surface area (Å²) in [6.45, 7) is 11.7. The number of hydrazine groups is 1. The number of methoxy groups -OCH3 is 3. The number of cyclic esters (lactones) is 1. The number of fused-ring (bicyclic) bond motifs is 6. The molecule has 1 fully saturated rings. The van der Waals surface area contributed by atoms with E-state index in [1.807, 2.05) is 38.2 Å². The van der Waals surface area contributed by atoms with E-state index in [1.165, 1.54) is 24.1 Å². The van der Waals surface area contributed by atoms with Crippen LogP contribution >= 0.6 is 0 Å². The fourth-order valence-electron chi connectivity index (χ4n) is 9.59. The third-order valence-electron chi connectivity index (χ3n) is 13.0. The Morgan fingerprint density at radius 1 is 1.03 bits per heavy atom. The summed E-state index contributed by atoms with van der Waals surface area (Å²) >= 11 is 0. The molecule has 0 saturated carbocycles. The third kappa shape index (κ3) is 11.4. The van der Waals surface area contributed by atoms with Gasteiger partial charge in [-0.3, -0.25) is 29.2 Å². The molecule has 0 spiro atoms. The number of carbonyl (C=O) groups excluding carboxylic acids is 4. The normalized spacial score (nSPS) is 17.5. The number of likely N-dealkylation sites (N-methyl/N-ethyl adjacent to an activating group) is 1. The van der Waals surface area contributed by atoms with Crippen LogP contribution in [0.15, 0.2) is 89.1 Å². The third-order valence-corrected chi connectivity index (χ3v) is 13.0. The molecule has 5 aromatic rings. The Labute approximate surface area is 410 Å². The first-order chi connectivity index (χ1) is 33.7. The van der Waals surface area contributed by atoms with Crippen molar-refractivity contribution in [2.24, 2.45) is 21.3 Å². The Morgan fingerprint density at radius 3 is 2.49 bits per heavy atom. The maximum Gasteiger partial charge on any atom is 0.324 e. The summed E-state index contributed by atoms with van der Waals surface area (Å²) in [5.74, 6) is -1.02. The molecule has 370 valence electrons. The fraction of sp³-hybridized carbons (Fsp3) is 0.444. The number of ether oxygens (including phenoxy) is 4. The molecule has 3 aromatic carbocycles. The topological polar surface area (TPSA) is 178 Å². The number of nitrogens with one attached hydrogen (secondary N) is 2. The van der Waals surface area contributed by atoms with Crippen molar-refractivity contribution < 1.29 is 38.1 Å². The molecular weight excluding hydrogens is 889 g/mol. The van der Waals surface area contributed by atoms with Crippen LogP contribution in [0.25, 0.3) is 33.3 Å². The minimum Gasteiger partial charge on any atom is -0.494 e. The van der Waals surface area contributed by atoms with Gasteiger partial charge in [0.15, 0.2) is 5.69 Å². The lowest BCUT2D eigenvalue weighted by atomic mass is 9.84. The van der Waals surface area contributed by atoms with Crippen LogP contribution in [0, 0.1) is 11.3 Å². The van der Waals surface area contributed by atoms with Gasteiger partial charge >= 0.3 is 5.97 Å². The van der Waals surface area contributed by atoms with E-state index >= 15 is 0 Å². The van der Waals surface area contributed by atoms with Gasteiger partial charge in [-0.15, -0.1) is 0 Å². The van der Waals surface area contributed by atoms with Gasteiger partial charge in [0.25, 0.3) is 5.91 Å². The number of aliphatic imine (C=N–C) groups is 2. The maximum atomic E-state index is 14.7. The predicted octanol–water partition coefficient (Wildman–Crippen LogP) is 7.58. The molecule has 2 N–H and O–H groups in total. The summed E-state index contributed by atoms with van der Waals surface area (Å²) in [7, 11) is 6.32. The zero-order valence-electron chi connectivity index (χ0n) is 41.8. The van der Waals surface area contributed by atoms with E-state index in [0.29, 0.717) is 56.1 Å². The van der Waals surface area contributed by atoms with Gasteiger partial charge in [0.1, 0.15) is 29.6 Å². The Kier molecular flexibility index (Phi) is 16.5. The Bertz CT molecular complexity index is 2760.